The average molecular weight is 255 g/mol. The van der Waals surface area contributed by atoms with Crippen LogP contribution in [0.4, 0.5) is 0 Å². The fraction of sp³-hybridized carbons (Fsp3) is 1.00. The molecule has 1 aliphatic heterocycles. The van der Waals surface area contributed by atoms with E-state index < -0.39 is 0 Å². The number of rotatable bonds is 6. The van der Waals surface area contributed by atoms with Gasteiger partial charge in [0.2, 0.25) is 0 Å². The Morgan fingerprint density at radius 3 is 2.22 bits per heavy atom. The smallest absolute Gasteiger partial charge is 0.0468 e. The van der Waals surface area contributed by atoms with E-state index in [0.29, 0.717) is 5.41 Å². The molecule has 1 N–H and O–H groups in total. The zero-order valence-electron chi connectivity index (χ0n) is 13.1. The lowest BCUT2D eigenvalue weighted by Gasteiger charge is -2.37. The SMILES string of the molecule is CCCC(C)(CNC(C)(C)C)CC1CCOCC1. The largest absolute Gasteiger partial charge is 0.381 e. The third-order valence-corrected chi connectivity index (χ3v) is 4.02. The summed E-state index contributed by atoms with van der Waals surface area (Å²) in [6.45, 7) is 14.6. The van der Waals surface area contributed by atoms with Crippen molar-refractivity contribution < 1.29 is 4.74 Å². The molecule has 108 valence electrons. The maximum absolute atomic E-state index is 5.47. The van der Waals surface area contributed by atoms with E-state index in [1.54, 1.807) is 0 Å². The van der Waals surface area contributed by atoms with Crippen molar-refractivity contribution in [1.29, 1.82) is 0 Å². The van der Waals surface area contributed by atoms with Gasteiger partial charge < -0.3 is 10.1 Å². The number of nitrogens with one attached hydrogen (secondary N) is 1. The first-order valence-electron chi connectivity index (χ1n) is 7.67. The van der Waals surface area contributed by atoms with E-state index >= 15 is 0 Å². The normalized spacial score (nSPS) is 21.8. The Kier molecular flexibility index (Phi) is 6.13. The molecule has 18 heavy (non-hydrogen) atoms. The van der Waals surface area contributed by atoms with Crippen LogP contribution in [0.5, 0.6) is 0 Å². The minimum absolute atomic E-state index is 0.227. The Labute approximate surface area is 114 Å². The zero-order valence-corrected chi connectivity index (χ0v) is 13.1. The van der Waals surface area contributed by atoms with Crippen molar-refractivity contribution in [2.24, 2.45) is 11.3 Å². The summed E-state index contributed by atoms with van der Waals surface area (Å²) in [6, 6.07) is 0. The first-order valence-corrected chi connectivity index (χ1v) is 7.67. The summed E-state index contributed by atoms with van der Waals surface area (Å²) in [4.78, 5) is 0. The highest BCUT2D eigenvalue weighted by Gasteiger charge is 2.29. The quantitative estimate of drug-likeness (QED) is 0.774. The van der Waals surface area contributed by atoms with E-state index in [0.717, 1.165) is 25.7 Å². The summed E-state index contributed by atoms with van der Waals surface area (Å²) in [5.74, 6) is 0.872. The minimum atomic E-state index is 0.227. The Balaban J connectivity index is 2.49. The van der Waals surface area contributed by atoms with Crippen LogP contribution >= 0.6 is 0 Å². The zero-order chi connectivity index (χ0) is 13.6. The molecular formula is C16H33NO. The summed E-state index contributed by atoms with van der Waals surface area (Å²) < 4.78 is 5.47. The van der Waals surface area contributed by atoms with Gasteiger partial charge in [-0.05, 0) is 57.8 Å². The van der Waals surface area contributed by atoms with Gasteiger partial charge in [-0.1, -0.05) is 20.3 Å². The first kappa shape index (κ1) is 16.0. The molecule has 1 atom stereocenters. The maximum Gasteiger partial charge on any atom is 0.0468 e. The van der Waals surface area contributed by atoms with E-state index in [4.69, 9.17) is 4.74 Å². The van der Waals surface area contributed by atoms with Gasteiger partial charge in [0, 0.05) is 25.3 Å². The topological polar surface area (TPSA) is 21.3 Å². The van der Waals surface area contributed by atoms with Crippen LogP contribution in [0.3, 0.4) is 0 Å². The van der Waals surface area contributed by atoms with Crippen molar-refractivity contribution in [3.8, 4) is 0 Å². The Morgan fingerprint density at radius 2 is 1.72 bits per heavy atom. The van der Waals surface area contributed by atoms with Gasteiger partial charge >= 0.3 is 0 Å². The molecule has 0 spiro atoms. The van der Waals surface area contributed by atoms with E-state index in [9.17, 15) is 0 Å². The van der Waals surface area contributed by atoms with Crippen molar-refractivity contribution in [3.05, 3.63) is 0 Å². The Morgan fingerprint density at radius 1 is 1.11 bits per heavy atom. The van der Waals surface area contributed by atoms with Crippen LogP contribution < -0.4 is 5.32 Å². The molecule has 0 amide bonds. The molecule has 2 heteroatoms. The lowest BCUT2D eigenvalue weighted by Crippen LogP contribution is -2.43. The molecule has 0 radical (unpaired) electrons. The van der Waals surface area contributed by atoms with Gasteiger partial charge in [0.15, 0.2) is 0 Å². The molecule has 0 saturated carbocycles. The maximum atomic E-state index is 5.47. The summed E-state index contributed by atoms with van der Waals surface area (Å²) in [6.07, 6.45) is 6.48. The van der Waals surface area contributed by atoms with Crippen LogP contribution in [0.2, 0.25) is 0 Å². The Bertz CT molecular complexity index is 228. The lowest BCUT2D eigenvalue weighted by molar-refractivity contribution is 0.0463. The number of hydrogen-bond acceptors (Lipinski definition) is 2. The molecule has 1 unspecified atom stereocenters. The van der Waals surface area contributed by atoms with Crippen molar-refractivity contribution in [2.45, 2.75) is 72.3 Å². The van der Waals surface area contributed by atoms with Crippen LogP contribution in [0.1, 0.15) is 66.7 Å². The standard InChI is InChI=1S/C16H33NO/c1-6-9-16(5,13-17-15(2,3)4)12-14-7-10-18-11-8-14/h14,17H,6-13H2,1-5H3. The van der Waals surface area contributed by atoms with Gasteiger partial charge in [-0.15, -0.1) is 0 Å². The predicted molar refractivity (Wildman–Crippen MR) is 78.9 cm³/mol. The molecule has 1 saturated heterocycles. The molecule has 1 rings (SSSR count). The van der Waals surface area contributed by atoms with Crippen LogP contribution in [0.25, 0.3) is 0 Å². The van der Waals surface area contributed by atoms with Crippen LogP contribution in [0.15, 0.2) is 0 Å². The molecule has 0 aliphatic carbocycles. The third kappa shape index (κ3) is 6.19. The Hall–Kier alpha value is -0.0800. The fourth-order valence-electron chi connectivity index (χ4n) is 2.99. The van der Waals surface area contributed by atoms with Crippen molar-refractivity contribution in [3.63, 3.8) is 0 Å². The molecule has 0 bridgehead atoms. The number of ether oxygens (including phenoxy) is 1. The fourth-order valence-corrected chi connectivity index (χ4v) is 2.99. The van der Waals surface area contributed by atoms with Gasteiger partial charge in [0.05, 0.1) is 0 Å². The molecule has 1 aliphatic rings. The van der Waals surface area contributed by atoms with Crippen molar-refractivity contribution >= 4 is 0 Å². The third-order valence-electron chi connectivity index (χ3n) is 4.02. The summed E-state index contributed by atoms with van der Waals surface area (Å²) in [5.41, 5.74) is 0.675. The second kappa shape index (κ2) is 6.91. The average Bonchev–Trinajstić information content (AvgIpc) is 2.27. The first-order chi connectivity index (χ1) is 8.35. The summed E-state index contributed by atoms with van der Waals surface area (Å²) >= 11 is 0. The van der Waals surface area contributed by atoms with Gasteiger partial charge in [0.25, 0.3) is 0 Å². The highest BCUT2D eigenvalue weighted by molar-refractivity contribution is 4.84. The molecular weight excluding hydrogens is 222 g/mol. The minimum Gasteiger partial charge on any atom is -0.381 e. The molecule has 0 aromatic carbocycles. The second-order valence-corrected chi connectivity index (χ2v) is 7.42. The number of hydrogen-bond donors (Lipinski definition) is 1. The van der Waals surface area contributed by atoms with Gasteiger partial charge in [-0.25, -0.2) is 0 Å². The van der Waals surface area contributed by atoms with Crippen molar-refractivity contribution in [2.75, 3.05) is 19.8 Å². The molecule has 1 fully saturated rings. The monoisotopic (exact) mass is 255 g/mol. The van der Waals surface area contributed by atoms with Crippen LogP contribution in [-0.2, 0) is 4.74 Å². The van der Waals surface area contributed by atoms with Crippen LogP contribution in [0, 0.1) is 11.3 Å². The van der Waals surface area contributed by atoms with E-state index in [1.807, 2.05) is 0 Å². The van der Waals surface area contributed by atoms with Gasteiger partial charge in [-0.2, -0.15) is 0 Å². The highest BCUT2D eigenvalue weighted by Crippen LogP contribution is 2.35. The molecule has 2 nitrogen and oxygen atoms in total. The summed E-state index contributed by atoms with van der Waals surface area (Å²) in [5, 5.41) is 3.71. The summed E-state index contributed by atoms with van der Waals surface area (Å²) in [7, 11) is 0. The van der Waals surface area contributed by atoms with Crippen LogP contribution in [-0.4, -0.2) is 25.3 Å². The van der Waals surface area contributed by atoms with Gasteiger partial charge in [-0.3, -0.25) is 0 Å². The van der Waals surface area contributed by atoms with E-state index in [2.05, 4.69) is 39.9 Å². The van der Waals surface area contributed by atoms with E-state index in [1.165, 1.54) is 32.1 Å². The molecule has 0 aromatic heterocycles. The molecule has 0 aromatic rings. The second-order valence-electron chi connectivity index (χ2n) is 7.42. The van der Waals surface area contributed by atoms with E-state index in [-0.39, 0.29) is 5.54 Å². The van der Waals surface area contributed by atoms with Crippen molar-refractivity contribution in [1.82, 2.24) is 5.32 Å². The predicted octanol–water partition coefficient (Wildman–Crippen LogP) is 4.00. The lowest BCUT2D eigenvalue weighted by atomic mass is 9.75. The molecule has 1 heterocycles. The van der Waals surface area contributed by atoms with Gasteiger partial charge in [0.1, 0.15) is 0 Å². The highest BCUT2D eigenvalue weighted by atomic mass is 16.5.